The van der Waals surface area contributed by atoms with Crippen molar-refractivity contribution in [2.75, 3.05) is 45.2 Å². The van der Waals surface area contributed by atoms with Gasteiger partial charge in [0.2, 0.25) is 5.91 Å². The SMILES string of the molecule is CCNC(=NCC(=O)Nc1cccc(CC)c1)N1CCC(COC)C1.I. The molecule has 1 unspecified atom stereocenters. The van der Waals surface area contributed by atoms with Crippen molar-refractivity contribution in [3.63, 3.8) is 0 Å². The van der Waals surface area contributed by atoms with Gasteiger partial charge in [0.05, 0.1) is 6.61 Å². The second-order valence-corrected chi connectivity index (χ2v) is 6.33. The summed E-state index contributed by atoms with van der Waals surface area (Å²) in [5, 5.41) is 6.20. The first-order valence-corrected chi connectivity index (χ1v) is 9.07. The van der Waals surface area contributed by atoms with E-state index in [1.54, 1.807) is 7.11 Å². The number of hydrogen-bond acceptors (Lipinski definition) is 3. The van der Waals surface area contributed by atoms with E-state index in [9.17, 15) is 4.79 Å². The summed E-state index contributed by atoms with van der Waals surface area (Å²) in [7, 11) is 1.74. The van der Waals surface area contributed by atoms with E-state index in [0.717, 1.165) is 50.7 Å². The minimum Gasteiger partial charge on any atom is -0.384 e. The molecule has 146 valence electrons. The fourth-order valence-electron chi connectivity index (χ4n) is 3.04. The molecule has 1 aliphatic rings. The van der Waals surface area contributed by atoms with Gasteiger partial charge in [0.25, 0.3) is 0 Å². The van der Waals surface area contributed by atoms with Gasteiger partial charge in [0, 0.05) is 38.3 Å². The van der Waals surface area contributed by atoms with Gasteiger partial charge in [-0.3, -0.25) is 4.79 Å². The molecule has 1 fully saturated rings. The van der Waals surface area contributed by atoms with E-state index in [-0.39, 0.29) is 36.4 Å². The van der Waals surface area contributed by atoms with Crippen LogP contribution in [0.5, 0.6) is 0 Å². The largest absolute Gasteiger partial charge is 0.384 e. The highest BCUT2D eigenvalue weighted by Gasteiger charge is 2.24. The van der Waals surface area contributed by atoms with Crippen LogP contribution in [0.2, 0.25) is 0 Å². The molecule has 1 aliphatic heterocycles. The number of aryl methyl sites for hydroxylation is 1. The number of carbonyl (C=O) groups excluding carboxylic acids is 1. The number of rotatable bonds is 7. The number of benzene rings is 1. The van der Waals surface area contributed by atoms with Crippen molar-refractivity contribution < 1.29 is 9.53 Å². The first kappa shape index (κ1) is 22.7. The summed E-state index contributed by atoms with van der Waals surface area (Å²) < 4.78 is 5.25. The van der Waals surface area contributed by atoms with Gasteiger partial charge in [-0.05, 0) is 37.5 Å². The standard InChI is InChI=1S/C19H30N4O2.HI/c1-4-15-7-6-8-17(11-15)22-18(24)12-21-19(20-5-2)23-10-9-16(13-23)14-25-3;/h6-8,11,16H,4-5,9-10,12-14H2,1-3H3,(H,20,21)(H,22,24);1H. The zero-order valence-corrected chi connectivity index (χ0v) is 18.3. The Hall–Kier alpha value is -1.35. The highest BCUT2D eigenvalue weighted by molar-refractivity contribution is 14.0. The molecule has 26 heavy (non-hydrogen) atoms. The van der Waals surface area contributed by atoms with Crippen LogP contribution in [0.4, 0.5) is 5.69 Å². The molecule has 0 radical (unpaired) electrons. The maximum Gasteiger partial charge on any atom is 0.246 e. The Balaban J connectivity index is 0.00000338. The molecular formula is C19H31IN4O2. The summed E-state index contributed by atoms with van der Waals surface area (Å²) in [6.07, 6.45) is 2.04. The smallest absolute Gasteiger partial charge is 0.246 e. The Bertz CT molecular complexity index is 595. The molecule has 0 aliphatic carbocycles. The molecule has 0 saturated carbocycles. The number of carbonyl (C=O) groups is 1. The van der Waals surface area contributed by atoms with Crippen LogP contribution < -0.4 is 10.6 Å². The Kier molecular flexibility index (Phi) is 10.6. The quantitative estimate of drug-likeness (QED) is 0.363. The topological polar surface area (TPSA) is 66.0 Å². The summed E-state index contributed by atoms with van der Waals surface area (Å²) in [5.74, 6) is 1.23. The highest BCUT2D eigenvalue weighted by atomic mass is 127. The zero-order chi connectivity index (χ0) is 18.1. The number of likely N-dealkylation sites (tertiary alicyclic amines) is 1. The van der Waals surface area contributed by atoms with Crippen molar-refractivity contribution in [1.29, 1.82) is 0 Å². The number of aliphatic imine (C=N–C) groups is 1. The molecule has 7 heteroatoms. The maximum absolute atomic E-state index is 12.2. The monoisotopic (exact) mass is 474 g/mol. The summed E-state index contributed by atoms with van der Waals surface area (Å²) in [5.41, 5.74) is 2.03. The van der Waals surface area contributed by atoms with Gasteiger partial charge in [-0.1, -0.05) is 19.1 Å². The molecular weight excluding hydrogens is 443 g/mol. The van der Waals surface area contributed by atoms with Crippen LogP contribution in [0.1, 0.15) is 25.8 Å². The lowest BCUT2D eigenvalue weighted by molar-refractivity contribution is -0.114. The molecule has 1 aromatic rings. The van der Waals surface area contributed by atoms with E-state index in [4.69, 9.17) is 4.74 Å². The number of amides is 1. The normalized spacial score (nSPS) is 17.0. The van der Waals surface area contributed by atoms with Crippen LogP contribution in [0, 0.1) is 5.92 Å². The first-order valence-electron chi connectivity index (χ1n) is 9.07. The molecule has 1 aromatic carbocycles. The average Bonchev–Trinajstić information content (AvgIpc) is 3.07. The van der Waals surface area contributed by atoms with Crippen LogP contribution in [0.3, 0.4) is 0 Å². The van der Waals surface area contributed by atoms with Crippen LogP contribution in [0.15, 0.2) is 29.3 Å². The van der Waals surface area contributed by atoms with Gasteiger partial charge < -0.3 is 20.3 Å². The number of ether oxygens (including phenoxy) is 1. The Morgan fingerprint density at radius 1 is 1.38 bits per heavy atom. The summed E-state index contributed by atoms with van der Waals surface area (Å²) in [6.45, 7) is 7.66. The third kappa shape index (κ3) is 7.11. The number of methoxy groups -OCH3 is 1. The van der Waals surface area contributed by atoms with Gasteiger partial charge in [-0.25, -0.2) is 4.99 Å². The molecule has 1 atom stereocenters. The molecule has 1 heterocycles. The number of nitrogens with zero attached hydrogens (tertiary/aromatic N) is 2. The number of anilines is 1. The fraction of sp³-hybridized carbons (Fsp3) is 0.579. The minimum atomic E-state index is -0.101. The number of hydrogen-bond donors (Lipinski definition) is 2. The van der Waals surface area contributed by atoms with E-state index in [1.807, 2.05) is 25.1 Å². The van der Waals surface area contributed by atoms with Crippen molar-refractivity contribution in [1.82, 2.24) is 10.2 Å². The molecule has 2 rings (SSSR count). The lowest BCUT2D eigenvalue weighted by Crippen LogP contribution is -2.40. The van der Waals surface area contributed by atoms with Crippen LogP contribution in [0.25, 0.3) is 0 Å². The number of halogens is 1. The highest BCUT2D eigenvalue weighted by Crippen LogP contribution is 2.16. The maximum atomic E-state index is 12.2. The number of nitrogens with one attached hydrogen (secondary N) is 2. The number of guanidine groups is 1. The van der Waals surface area contributed by atoms with E-state index in [0.29, 0.717) is 5.92 Å². The Labute approximate surface area is 173 Å². The van der Waals surface area contributed by atoms with Gasteiger partial charge in [0.1, 0.15) is 6.54 Å². The predicted molar refractivity (Wildman–Crippen MR) is 117 cm³/mol. The van der Waals surface area contributed by atoms with Crippen LogP contribution in [-0.2, 0) is 16.0 Å². The molecule has 0 aromatic heterocycles. The van der Waals surface area contributed by atoms with E-state index < -0.39 is 0 Å². The van der Waals surface area contributed by atoms with Gasteiger partial charge in [-0.15, -0.1) is 24.0 Å². The second kappa shape index (κ2) is 12.1. The third-order valence-electron chi connectivity index (χ3n) is 4.31. The van der Waals surface area contributed by atoms with Crippen LogP contribution in [-0.4, -0.2) is 56.7 Å². The fourth-order valence-corrected chi connectivity index (χ4v) is 3.04. The van der Waals surface area contributed by atoms with Crippen molar-refractivity contribution >= 4 is 41.5 Å². The van der Waals surface area contributed by atoms with Crippen molar-refractivity contribution in [2.45, 2.75) is 26.7 Å². The molecule has 1 amide bonds. The third-order valence-corrected chi connectivity index (χ3v) is 4.31. The van der Waals surface area contributed by atoms with E-state index in [2.05, 4.69) is 33.5 Å². The van der Waals surface area contributed by atoms with E-state index in [1.165, 1.54) is 5.56 Å². The van der Waals surface area contributed by atoms with Gasteiger partial charge in [-0.2, -0.15) is 0 Å². The van der Waals surface area contributed by atoms with Crippen molar-refractivity contribution in [3.05, 3.63) is 29.8 Å². The lowest BCUT2D eigenvalue weighted by atomic mass is 10.1. The Morgan fingerprint density at radius 2 is 2.19 bits per heavy atom. The summed E-state index contributed by atoms with van der Waals surface area (Å²) >= 11 is 0. The van der Waals surface area contributed by atoms with Crippen molar-refractivity contribution in [3.8, 4) is 0 Å². The van der Waals surface area contributed by atoms with E-state index >= 15 is 0 Å². The molecule has 2 N–H and O–H groups in total. The van der Waals surface area contributed by atoms with Gasteiger partial charge in [0.15, 0.2) is 5.96 Å². The predicted octanol–water partition coefficient (Wildman–Crippen LogP) is 2.74. The Morgan fingerprint density at radius 3 is 2.88 bits per heavy atom. The zero-order valence-electron chi connectivity index (χ0n) is 16.0. The average molecular weight is 474 g/mol. The summed E-state index contributed by atoms with van der Waals surface area (Å²) in [6, 6.07) is 7.92. The molecule has 0 bridgehead atoms. The summed E-state index contributed by atoms with van der Waals surface area (Å²) in [4.78, 5) is 18.9. The first-order chi connectivity index (χ1) is 12.2. The van der Waals surface area contributed by atoms with Gasteiger partial charge >= 0.3 is 0 Å². The second-order valence-electron chi connectivity index (χ2n) is 6.33. The van der Waals surface area contributed by atoms with Crippen molar-refractivity contribution in [2.24, 2.45) is 10.9 Å². The van der Waals surface area contributed by atoms with Crippen LogP contribution >= 0.6 is 24.0 Å². The molecule has 6 nitrogen and oxygen atoms in total. The lowest BCUT2D eigenvalue weighted by Gasteiger charge is -2.21. The molecule has 0 spiro atoms. The minimum absolute atomic E-state index is 0. The molecule has 1 saturated heterocycles.